The van der Waals surface area contributed by atoms with Crippen molar-refractivity contribution in [1.82, 2.24) is 4.90 Å². The fourth-order valence-electron chi connectivity index (χ4n) is 1.77. The lowest BCUT2D eigenvalue weighted by Crippen LogP contribution is -2.32. The Hall–Kier alpha value is 0.0600. The van der Waals surface area contributed by atoms with Crippen LogP contribution in [0.15, 0.2) is 0 Å². The van der Waals surface area contributed by atoms with E-state index in [1.54, 1.807) is 0 Å². The molecule has 1 aliphatic heterocycles. The van der Waals surface area contributed by atoms with Crippen LogP contribution >= 0.6 is 11.8 Å². The van der Waals surface area contributed by atoms with Gasteiger partial charge in [0.05, 0.1) is 0 Å². The monoisotopic (exact) mass is 242 g/mol. The van der Waals surface area contributed by atoms with Crippen LogP contribution in [-0.2, 0) is 0 Å². The Morgan fingerprint density at radius 3 is 2.60 bits per heavy atom. The van der Waals surface area contributed by atoms with E-state index in [0.717, 1.165) is 19.5 Å². The van der Waals surface area contributed by atoms with Crippen molar-refractivity contribution in [1.29, 1.82) is 0 Å². The smallest absolute Gasteiger partial charge is 0.330 e. The lowest BCUT2D eigenvalue weighted by Gasteiger charge is -2.22. The maximum absolute atomic E-state index is 11.9. The van der Waals surface area contributed by atoms with Gasteiger partial charge in [0.2, 0.25) is 0 Å². The van der Waals surface area contributed by atoms with Crippen molar-refractivity contribution in [3.8, 4) is 0 Å². The second-order valence-electron chi connectivity index (χ2n) is 4.34. The van der Waals surface area contributed by atoms with E-state index in [1.165, 1.54) is 0 Å². The molecule has 0 aliphatic carbocycles. The van der Waals surface area contributed by atoms with E-state index in [1.807, 2.05) is 0 Å². The molecule has 15 heavy (non-hydrogen) atoms. The van der Waals surface area contributed by atoms with Gasteiger partial charge in [-0.2, -0.15) is 13.2 Å². The van der Waals surface area contributed by atoms with Gasteiger partial charge < -0.3 is 10.6 Å². The fourth-order valence-corrected chi connectivity index (χ4v) is 2.35. The van der Waals surface area contributed by atoms with E-state index < -0.39 is 5.51 Å². The predicted molar refractivity (Wildman–Crippen MR) is 56.7 cm³/mol. The number of nitrogens with zero attached hydrogens (tertiary/aromatic N) is 1. The minimum atomic E-state index is -4.10. The van der Waals surface area contributed by atoms with E-state index in [2.05, 4.69) is 11.8 Å². The van der Waals surface area contributed by atoms with Crippen molar-refractivity contribution in [2.45, 2.75) is 18.9 Å². The molecule has 0 saturated carbocycles. The van der Waals surface area contributed by atoms with Gasteiger partial charge in [-0.15, -0.1) is 0 Å². The molecule has 2 nitrogen and oxygen atoms in total. The maximum Gasteiger partial charge on any atom is 0.441 e. The van der Waals surface area contributed by atoms with Crippen molar-refractivity contribution in [2.24, 2.45) is 11.1 Å². The van der Waals surface area contributed by atoms with E-state index in [-0.39, 0.29) is 22.9 Å². The summed E-state index contributed by atoms with van der Waals surface area (Å²) in [4.78, 5) is 2.06. The average Bonchev–Trinajstić information content (AvgIpc) is 2.47. The molecule has 1 saturated heterocycles. The van der Waals surface area contributed by atoms with Crippen molar-refractivity contribution in [3.63, 3.8) is 0 Å². The summed E-state index contributed by atoms with van der Waals surface area (Å²) in [6.45, 7) is 4.88. The third-order valence-corrected chi connectivity index (χ3v) is 3.52. The van der Waals surface area contributed by atoms with Crippen molar-refractivity contribution in [2.75, 3.05) is 31.9 Å². The highest BCUT2D eigenvalue weighted by Crippen LogP contribution is 2.32. The number of hydrogen-bond donors (Lipinski definition) is 1. The highest BCUT2D eigenvalue weighted by Gasteiger charge is 2.33. The summed E-state index contributed by atoms with van der Waals surface area (Å²) in [5.74, 6) is 0.115. The minimum absolute atomic E-state index is 0.0552. The average molecular weight is 242 g/mol. The van der Waals surface area contributed by atoms with Crippen LogP contribution < -0.4 is 5.73 Å². The minimum Gasteiger partial charge on any atom is -0.330 e. The molecule has 2 N–H and O–H groups in total. The highest BCUT2D eigenvalue weighted by molar-refractivity contribution is 8.00. The lowest BCUT2D eigenvalue weighted by molar-refractivity contribution is -0.0328. The highest BCUT2D eigenvalue weighted by atomic mass is 32.2. The Morgan fingerprint density at radius 1 is 1.47 bits per heavy atom. The van der Waals surface area contributed by atoms with Crippen LogP contribution in [0.3, 0.4) is 0 Å². The number of rotatable bonds is 4. The first-order valence-electron chi connectivity index (χ1n) is 4.98. The normalized spacial score (nSPS) is 28.6. The van der Waals surface area contributed by atoms with Crippen LogP contribution in [0.4, 0.5) is 13.2 Å². The molecular weight excluding hydrogens is 225 g/mol. The molecule has 0 spiro atoms. The van der Waals surface area contributed by atoms with Gasteiger partial charge in [0.15, 0.2) is 0 Å². The molecule has 0 aromatic rings. The first kappa shape index (κ1) is 13.1. The Bertz CT molecular complexity index is 210. The molecule has 90 valence electrons. The molecule has 0 amide bonds. The molecule has 1 fully saturated rings. The number of likely N-dealkylation sites (tertiary alicyclic amines) is 1. The van der Waals surface area contributed by atoms with Gasteiger partial charge in [-0.1, -0.05) is 6.92 Å². The topological polar surface area (TPSA) is 29.3 Å². The van der Waals surface area contributed by atoms with Gasteiger partial charge in [-0.05, 0) is 36.7 Å². The number of hydrogen-bond acceptors (Lipinski definition) is 3. The van der Waals surface area contributed by atoms with Gasteiger partial charge in [0.1, 0.15) is 0 Å². The van der Waals surface area contributed by atoms with Crippen molar-refractivity contribution >= 4 is 11.8 Å². The Balaban J connectivity index is 2.20. The van der Waals surface area contributed by atoms with Gasteiger partial charge in [-0.25, -0.2) is 0 Å². The third-order valence-electron chi connectivity index (χ3n) is 2.80. The maximum atomic E-state index is 11.9. The van der Waals surface area contributed by atoms with Crippen LogP contribution in [0.2, 0.25) is 0 Å². The summed E-state index contributed by atoms with van der Waals surface area (Å²) >= 11 is 0.0552. The predicted octanol–water partition coefficient (Wildman–Crippen LogP) is 1.91. The van der Waals surface area contributed by atoms with Crippen molar-refractivity contribution < 1.29 is 13.2 Å². The molecular formula is C9H17F3N2S. The Morgan fingerprint density at radius 2 is 2.13 bits per heavy atom. The second-order valence-corrected chi connectivity index (χ2v) is 5.49. The number of halogens is 3. The SMILES string of the molecule is CC1(CN)CCN(CCSC(F)(F)F)C1. The zero-order valence-corrected chi connectivity index (χ0v) is 9.63. The fraction of sp³-hybridized carbons (Fsp3) is 1.00. The van der Waals surface area contributed by atoms with Gasteiger partial charge in [0.25, 0.3) is 0 Å². The summed E-state index contributed by atoms with van der Waals surface area (Å²) in [5.41, 5.74) is 1.62. The standard InChI is InChI=1S/C9H17F3N2S/c1-8(6-13)2-3-14(7-8)4-5-15-9(10,11)12/h2-7,13H2,1H3. The summed E-state index contributed by atoms with van der Waals surface area (Å²) in [7, 11) is 0. The first-order chi connectivity index (χ1) is 6.85. The van der Waals surface area contributed by atoms with Crippen LogP contribution in [-0.4, -0.2) is 42.3 Å². The third kappa shape index (κ3) is 4.61. The molecule has 1 aliphatic rings. The summed E-state index contributed by atoms with van der Waals surface area (Å²) in [5, 5.41) is 0. The first-order valence-corrected chi connectivity index (χ1v) is 5.96. The van der Waals surface area contributed by atoms with Crippen LogP contribution in [0.1, 0.15) is 13.3 Å². The van der Waals surface area contributed by atoms with Gasteiger partial charge in [-0.3, -0.25) is 0 Å². The quantitative estimate of drug-likeness (QED) is 0.816. The zero-order valence-electron chi connectivity index (χ0n) is 8.81. The molecule has 1 rings (SSSR count). The number of alkyl halides is 3. The van der Waals surface area contributed by atoms with E-state index in [9.17, 15) is 13.2 Å². The Labute approximate surface area is 92.4 Å². The second kappa shape index (κ2) is 4.93. The lowest BCUT2D eigenvalue weighted by atomic mass is 9.90. The van der Waals surface area contributed by atoms with Crippen molar-refractivity contribution in [3.05, 3.63) is 0 Å². The molecule has 0 aromatic carbocycles. The summed E-state index contributed by atoms with van der Waals surface area (Å²) in [6, 6.07) is 0. The van der Waals surface area contributed by atoms with E-state index in [4.69, 9.17) is 5.73 Å². The molecule has 0 bridgehead atoms. The van der Waals surface area contributed by atoms with Crippen LogP contribution in [0.5, 0.6) is 0 Å². The van der Waals surface area contributed by atoms with Crippen LogP contribution in [0, 0.1) is 5.41 Å². The molecule has 0 radical (unpaired) electrons. The number of thioether (sulfide) groups is 1. The molecule has 1 unspecified atom stereocenters. The van der Waals surface area contributed by atoms with E-state index >= 15 is 0 Å². The summed E-state index contributed by atoms with van der Waals surface area (Å²) in [6.07, 6.45) is 0.986. The Kier molecular flexibility index (Phi) is 4.31. The molecule has 6 heteroatoms. The molecule has 0 aromatic heterocycles. The van der Waals surface area contributed by atoms with Gasteiger partial charge in [0, 0.05) is 18.8 Å². The molecule has 1 atom stereocenters. The van der Waals surface area contributed by atoms with Gasteiger partial charge >= 0.3 is 5.51 Å². The largest absolute Gasteiger partial charge is 0.441 e. The zero-order chi connectivity index (χ0) is 11.5. The van der Waals surface area contributed by atoms with Crippen LogP contribution in [0.25, 0.3) is 0 Å². The summed E-state index contributed by atoms with van der Waals surface area (Å²) < 4.78 is 35.6. The number of nitrogens with two attached hydrogens (primary N) is 1. The molecule has 1 heterocycles. The van der Waals surface area contributed by atoms with E-state index in [0.29, 0.717) is 13.1 Å².